The second-order valence-electron chi connectivity index (χ2n) is 7.38. The Kier molecular flexibility index (Phi) is 9.83. The lowest BCUT2D eigenvalue weighted by atomic mass is 10.0. The molecule has 0 bridgehead atoms. The molecule has 0 radical (unpaired) electrons. The zero-order valence-electron chi connectivity index (χ0n) is 17.9. The maximum absolute atomic E-state index is 11.7. The van der Waals surface area contributed by atoms with Gasteiger partial charge in [0, 0.05) is 36.3 Å². The van der Waals surface area contributed by atoms with Crippen LogP contribution in [0.15, 0.2) is 35.7 Å². The molecule has 178 valence electrons. The van der Waals surface area contributed by atoms with Gasteiger partial charge < -0.3 is 20.6 Å². The van der Waals surface area contributed by atoms with Crippen molar-refractivity contribution in [2.24, 2.45) is 0 Å². The number of halogens is 1. The minimum atomic E-state index is -1.23. The molecule has 0 spiro atoms. The second-order valence-corrected chi connectivity index (χ2v) is 8.78. The third-order valence-corrected chi connectivity index (χ3v) is 6.33. The number of hydrogen-bond donors (Lipinski definition) is 4. The van der Waals surface area contributed by atoms with E-state index in [2.05, 4.69) is 16.8 Å². The number of rotatable bonds is 8. The quantitative estimate of drug-likeness (QED) is 0.436. The van der Waals surface area contributed by atoms with Crippen molar-refractivity contribution in [3.05, 3.63) is 56.7 Å². The number of fused-ring (bicyclic) bond motifs is 1. The Morgan fingerprint density at radius 3 is 2.39 bits per heavy atom. The molecule has 2 heterocycles. The van der Waals surface area contributed by atoms with E-state index in [1.54, 1.807) is 23.5 Å². The number of benzene rings is 1. The van der Waals surface area contributed by atoms with E-state index in [9.17, 15) is 24.3 Å². The van der Waals surface area contributed by atoms with Crippen molar-refractivity contribution >= 4 is 46.8 Å². The normalized spacial score (nSPS) is 14.7. The van der Waals surface area contributed by atoms with Crippen LogP contribution in [0.25, 0.3) is 0 Å². The molecule has 11 heteroatoms. The highest BCUT2D eigenvalue weighted by molar-refractivity contribution is 7.10. The number of carboxylic acids is 3. The summed E-state index contributed by atoms with van der Waals surface area (Å²) in [6.07, 6.45) is 0.517. The number of aliphatic carboxylic acids is 3. The molecule has 0 aliphatic carbocycles. The standard InChI is InChI=1S/C15H14ClNO2S.C7H11NO5/c16-12-4-2-1-3-11(12)14(15(18)19)17-7-5-13-10(9-17)6-8-20-13;1-4(9)8-5(7(12)13)2-3-6(10)11/h1-4,6,8,14H,5,7,9H2,(H,18,19);5H,2-3H2,1H3,(H,8,9)(H,10,11)(H,12,13)/t14-;5-/m00/s1. The van der Waals surface area contributed by atoms with E-state index >= 15 is 0 Å². The predicted molar refractivity (Wildman–Crippen MR) is 122 cm³/mol. The van der Waals surface area contributed by atoms with Crippen molar-refractivity contribution in [1.29, 1.82) is 0 Å². The van der Waals surface area contributed by atoms with Gasteiger partial charge in [-0.05, 0) is 41.5 Å². The highest BCUT2D eigenvalue weighted by atomic mass is 35.5. The van der Waals surface area contributed by atoms with E-state index in [0.29, 0.717) is 17.1 Å². The molecule has 4 N–H and O–H groups in total. The third-order valence-electron chi connectivity index (χ3n) is 4.96. The average Bonchev–Trinajstić information content (AvgIpc) is 3.20. The molecule has 9 nitrogen and oxygen atoms in total. The van der Waals surface area contributed by atoms with Crippen molar-refractivity contribution in [3.63, 3.8) is 0 Å². The van der Waals surface area contributed by atoms with Gasteiger partial charge in [0.25, 0.3) is 0 Å². The van der Waals surface area contributed by atoms with E-state index in [1.807, 2.05) is 17.0 Å². The van der Waals surface area contributed by atoms with Gasteiger partial charge in [0.2, 0.25) is 5.91 Å². The molecule has 2 aromatic rings. The lowest BCUT2D eigenvalue weighted by Crippen LogP contribution is -2.39. The maximum atomic E-state index is 11.7. The van der Waals surface area contributed by atoms with E-state index < -0.39 is 35.9 Å². The Hall–Kier alpha value is -2.95. The summed E-state index contributed by atoms with van der Waals surface area (Å²) in [4.78, 5) is 46.1. The molecule has 0 saturated heterocycles. The van der Waals surface area contributed by atoms with E-state index in [0.717, 1.165) is 13.0 Å². The van der Waals surface area contributed by atoms with Crippen LogP contribution in [0.5, 0.6) is 0 Å². The zero-order valence-corrected chi connectivity index (χ0v) is 19.4. The molecule has 1 amide bonds. The highest BCUT2D eigenvalue weighted by Crippen LogP contribution is 2.33. The second kappa shape index (κ2) is 12.3. The van der Waals surface area contributed by atoms with Gasteiger partial charge in [-0.15, -0.1) is 11.3 Å². The van der Waals surface area contributed by atoms with Crippen LogP contribution in [0, 0.1) is 0 Å². The topological polar surface area (TPSA) is 144 Å². The van der Waals surface area contributed by atoms with Gasteiger partial charge in [0.15, 0.2) is 0 Å². The summed E-state index contributed by atoms with van der Waals surface area (Å²) in [5, 5.41) is 31.1. The summed E-state index contributed by atoms with van der Waals surface area (Å²) < 4.78 is 0. The van der Waals surface area contributed by atoms with Crippen molar-refractivity contribution in [3.8, 4) is 0 Å². The van der Waals surface area contributed by atoms with Crippen LogP contribution in [0.2, 0.25) is 5.02 Å². The van der Waals surface area contributed by atoms with Gasteiger partial charge in [-0.25, -0.2) is 4.79 Å². The van der Waals surface area contributed by atoms with Gasteiger partial charge in [0.05, 0.1) is 0 Å². The first-order valence-electron chi connectivity index (χ1n) is 10.1. The smallest absolute Gasteiger partial charge is 0.326 e. The number of carboxylic acid groups (broad SMARTS) is 3. The van der Waals surface area contributed by atoms with Crippen LogP contribution < -0.4 is 5.32 Å². The minimum Gasteiger partial charge on any atom is -0.481 e. The molecule has 0 unspecified atom stereocenters. The van der Waals surface area contributed by atoms with Crippen molar-refractivity contribution in [2.75, 3.05) is 6.54 Å². The lowest BCUT2D eigenvalue weighted by Gasteiger charge is -2.32. The number of carbonyl (C=O) groups excluding carboxylic acids is 1. The van der Waals surface area contributed by atoms with Gasteiger partial charge in [0.1, 0.15) is 12.1 Å². The van der Waals surface area contributed by atoms with Gasteiger partial charge in [-0.1, -0.05) is 29.8 Å². The number of nitrogens with zero attached hydrogens (tertiary/aromatic N) is 1. The van der Waals surface area contributed by atoms with Crippen LogP contribution in [-0.4, -0.2) is 56.6 Å². The first-order chi connectivity index (χ1) is 15.6. The first kappa shape index (κ1) is 26.3. The number of nitrogens with one attached hydrogen (secondary N) is 1. The molecule has 1 aromatic heterocycles. The number of hydrogen-bond acceptors (Lipinski definition) is 6. The lowest BCUT2D eigenvalue weighted by molar-refractivity contribution is -0.144. The van der Waals surface area contributed by atoms with Gasteiger partial charge in [-0.2, -0.15) is 0 Å². The molecular formula is C22H25ClN2O7S. The summed E-state index contributed by atoms with van der Waals surface area (Å²) in [7, 11) is 0. The van der Waals surface area contributed by atoms with E-state index in [-0.39, 0.29) is 12.8 Å². The summed E-state index contributed by atoms with van der Waals surface area (Å²) in [6, 6.07) is 7.47. The summed E-state index contributed by atoms with van der Waals surface area (Å²) in [5.74, 6) is -3.65. The monoisotopic (exact) mass is 496 g/mol. The fraction of sp³-hybridized carbons (Fsp3) is 0.364. The molecule has 0 fully saturated rings. The number of carbonyl (C=O) groups is 4. The molecule has 1 aliphatic heterocycles. The molecule has 1 aliphatic rings. The predicted octanol–water partition coefficient (Wildman–Crippen LogP) is 3.03. The summed E-state index contributed by atoms with van der Waals surface area (Å²) in [6.45, 7) is 2.59. The highest BCUT2D eigenvalue weighted by Gasteiger charge is 2.31. The summed E-state index contributed by atoms with van der Waals surface area (Å²) >= 11 is 7.92. The van der Waals surface area contributed by atoms with Crippen molar-refractivity contribution < 1.29 is 34.5 Å². The summed E-state index contributed by atoms with van der Waals surface area (Å²) in [5.41, 5.74) is 1.90. The largest absolute Gasteiger partial charge is 0.481 e. The van der Waals surface area contributed by atoms with Crippen molar-refractivity contribution in [2.45, 2.75) is 44.8 Å². The van der Waals surface area contributed by atoms with E-state index in [1.165, 1.54) is 17.4 Å². The van der Waals surface area contributed by atoms with Crippen LogP contribution in [0.3, 0.4) is 0 Å². The van der Waals surface area contributed by atoms with Crippen LogP contribution >= 0.6 is 22.9 Å². The average molecular weight is 497 g/mol. The van der Waals surface area contributed by atoms with Crippen LogP contribution in [-0.2, 0) is 32.1 Å². The Morgan fingerprint density at radius 2 is 1.82 bits per heavy atom. The zero-order chi connectivity index (χ0) is 24.5. The Morgan fingerprint density at radius 1 is 1.12 bits per heavy atom. The fourth-order valence-electron chi connectivity index (χ4n) is 3.44. The molecule has 3 rings (SSSR count). The number of thiophene rings is 1. The Labute approximate surface area is 199 Å². The molecular weight excluding hydrogens is 472 g/mol. The third kappa shape index (κ3) is 7.85. The molecule has 0 saturated carbocycles. The fourth-order valence-corrected chi connectivity index (χ4v) is 4.57. The molecule has 33 heavy (non-hydrogen) atoms. The SMILES string of the molecule is CC(=O)N[C@@H](CCC(=O)O)C(=O)O.O=C(O)[C@H](c1ccccc1Cl)N1CCc2sccc2C1. The van der Waals surface area contributed by atoms with Gasteiger partial charge in [-0.3, -0.25) is 19.3 Å². The molecule has 1 aromatic carbocycles. The Bertz CT molecular complexity index is 1010. The maximum Gasteiger partial charge on any atom is 0.326 e. The van der Waals surface area contributed by atoms with Crippen LogP contribution in [0.1, 0.15) is 41.8 Å². The van der Waals surface area contributed by atoms with Crippen molar-refractivity contribution in [1.82, 2.24) is 10.2 Å². The first-order valence-corrected chi connectivity index (χ1v) is 11.3. The number of amides is 1. The van der Waals surface area contributed by atoms with Crippen LogP contribution in [0.4, 0.5) is 0 Å². The van der Waals surface area contributed by atoms with Gasteiger partial charge >= 0.3 is 17.9 Å². The Balaban J connectivity index is 0.000000260. The minimum absolute atomic E-state index is 0.107. The van der Waals surface area contributed by atoms with E-state index in [4.69, 9.17) is 21.8 Å². The molecule has 2 atom stereocenters.